The summed E-state index contributed by atoms with van der Waals surface area (Å²) in [6.45, 7) is 0. The van der Waals surface area contributed by atoms with Crippen LogP contribution in [0.1, 0.15) is 10.8 Å². The van der Waals surface area contributed by atoms with E-state index in [2.05, 4.69) is 5.32 Å². The Balaban J connectivity index is 2.50. The smallest absolute Gasteiger partial charge is 0.242 e. The number of carbonyl (C=O) groups is 1. The predicted molar refractivity (Wildman–Crippen MR) is 51.3 cm³/mol. The van der Waals surface area contributed by atoms with Gasteiger partial charge in [0.15, 0.2) is 0 Å². The van der Waals surface area contributed by atoms with Crippen molar-refractivity contribution in [1.29, 1.82) is 0 Å². The predicted octanol–water partition coefficient (Wildman–Crippen LogP) is 2.18. The van der Waals surface area contributed by atoms with Crippen LogP contribution in [0.15, 0.2) is 18.2 Å². The topological polar surface area (TPSA) is 29.1 Å². The van der Waals surface area contributed by atoms with Crippen molar-refractivity contribution in [2.75, 3.05) is 11.6 Å². The Labute approximate surface area is 79.5 Å². The first kappa shape index (κ1) is 8.56. The summed E-state index contributed by atoms with van der Waals surface area (Å²) in [6.07, 6.45) is 1.84. The van der Waals surface area contributed by atoms with Crippen molar-refractivity contribution in [3.63, 3.8) is 0 Å². The van der Waals surface area contributed by atoms with E-state index in [1.54, 1.807) is 6.07 Å². The highest BCUT2D eigenvalue weighted by molar-refractivity contribution is 7.99. The zero-order chi connectivity index (χ0) is 9.42. The quantitative estimate of drug-likeness (QED) is 0.747. The molecule has 1 atom stereocenters. The van der Waals surface area contributed by atoms with Gasteiger partial charge in [-0.05, 0) is 24.5 Å². The zero-order valence-electron chi connectivity index (χ0n) is 7.00. The highest BCUT2D eigenvalue weighted by Crippen LogP contribution is 2.38. The molecule has 1 aliphatic rings. The molecule has 0 spiro atoms. The SMILES string of the molecule is CSC1C(=O)Nc2ccc(F)cc21. The van der Waals surface area contributed by atoms with Crippen LogP contribution in [-0.2, 0) is 4.79 Å². The van der Waals surface area contributed by atoms with Gasteiger partial charge in [-0.2, -0.15) is 0 Å². The number of carbonyl (C=O) groups excluding carboxylic acids is 1. The molecule has 0 fully saturated rings. The fraction of sp³-hybridized carbons (Fsp3) is 0.222. The summed E-state index contributed by atoms with van der Waals surface area (Å²) in [4.78, 5) is 11.3. The minimum atomic E-state index is -0.297. The minimum Gasteiger partial charge on any atom is -0.325 e. The van der Waals surface area contributed by atoms with Crippen LogP contribution in [-0.4, -0.2) is 12.2 Å². The van der Waals surface area contributed by atoms with Crippen molar-refractivity contribution in [3.8, 4) is 0 Å². The van der Waals surface area contributed by atoms with Gasteiger partial charge in [0.25, 0.3) is 0 Å². The fourth-order valence-electron chi connectivity index (χ4n) is 1.44. The molecule has 13 heavy (non-hydrogen) atoms. The van der Waals surface area contributed by atoms with Gasteiger partial charge in [0.2, 0.25) is 5.91 Å². The van der Waals surface area contributed by atoms with Crippen LogP contribution in [0.4, 0.5) is 10.1 Å². The van der Waals surface area contributed by atoms with Crippen molar-refractivity contribution in [1.82, 2.24) is 0 Å². The highest BCUT2D eigenvalue weighted by Gasteiger charge is 2.29. The van der Waals surface area contributed by atoms with Crippen molar-refractivity contribution in [3.05, 3.63) is 29.6 Å². The molecule has 2 nitrogen and oxygen atoms in total. The summed E-state index contributed by atoms with van der Waals surface area (Å²) in [6, 6.07) is 4.36. The summed E-state index contributed by atoms with van der Waals surface area (Å²) in [5.74, 6) is -0.359. The van der Waals surface area contributed by atoms with Crippen LogP contribution in [0.25, 0.3) is 0 Å². The van der Waals surface area contributed by atoms with Crippen LogP contribution < -0.4 is 5.32 Å². The Kier molecular flexibility index (Phi) is 2.00. The summed E-state index contributed by atoms with van der Waals surface area (Å²) in [5, 5.41) is 2.44. The van der Waals surface area contributed by atoms with Crippen LogP contribution in [0.5, 0.6) is 0 Å². The molecule has 0 radical (unpaired) electrons. The van der Waals surface area contributed by atoms with Gasteiger partial charge in [-0.1, -0.05) is 0 Å². The van der Waals surface area contributed by atoms with Crippen molar-refractivity contribution >= 4 is 23.4 Å². The van der Waals surface area contributed by atoms with E-state index in [1.165, 1.54) is 23.9 Å². The Bertz CT molecular complexity index is 367. The average molecular weight is 197 g/mol. The fourth-order valence-corrected chi connectivity index (χ4v) is 2.16. The number of hydrogen-bond acceptors (Lipinski definition) is 2. The van der Waals surface area contributed by atoms with Crippen molar-refractivity contribution in [2.45, 2.75) is 5.25 Å². The largest absolute Gasteiger partial charge is 0.325 e. The summed E-state index contributed by atoms with van der Waals surface area (Å²) in [7, 11) is 0. The number of amides is 1. The maximum Gasteiger partial charge on any atom is 0.242 e. The molecule has 1 unspecified atom stereocenters. The van der Waals surface area contributed by atoms with Gasteiger partial charge in [0, 0.05) is 11.3 Å². The molecule has 1 heterocycles. The first-order valence-electron chi connectivity index (χ1n) is 3.85. The van der Waals surface area contributed by atoms with E-state index in [1.807, 2.05) is 6.26 Å². The molecule has 0 aliphatic carbocycles. The number of benzene rings is 1. The van der Waals surface area contributed by atoms with E-state index >= 15 is 0 Å². The van der Waals surface area contributed by atoms with Gasteiger partial charge in [-0.25, -0.2) is 4.39 Å². The second kappa shape index (κ2) is 3.03. The number of thioether (sulfide) groups is 1. The molecule has 0 bridgehead atoms. The molecule has 1 aromatic rings. The molecular formula is C9H8FNOS. The van der Waals surface area contributed by atoms with Crippen LogP contribution in [0.3, 0.4) is 0 Å². The van der Waals surface area contributed by atoms with Gasteiger partial charge in [0.1, 0.15) is 11.1 Å². The molecule has 0 aromatic heterocycles. The van der Waals surface area contributed by atoms with E-state index in [4.69, 9.17) is 0 Å². The Morgan fingerprint density at radius 1 is 1.54 bits per heavy atom. The van der Waals surface area contributed by atoms with E-state index in [0.29, 0.717) is 0 Å². The van der Waals surface area contributed by atoms with E-state index in [0.717, 1.165) is 11.3 Å². The molecule has 68 valence electrons. The maximum absolute atomic E-state index is 12.9. The second-order valence-corrected chi connectivity index (χ2v) is 3.78. The molecule has 1 amide bonds. The lowest BCUT2D eigenvalue weighted by Gasteiger charge is -2.03. The lowest BCUT2D eigenvalue weighted by atomic mass is 10.1. The van der Waals surface area contributed by atoms with Gasteiger partial charge < -0.3 is 5.32 Å². The standard InChI is InChI=1S/C9H8FNOS/c1-13-8-6-4-5(10)2-3-7(6)11-9(8)12/h2-4,8H,1H3,(H,11,12). The molecule has 1 aliphatic heterocycles. The number of fused-ring (bicyclic) bond motifs is 1. The van der Waals surface area contributed by atoms with E-state index in [9.17, 15) is 9.18 Å². The molecule has 1 N–H and O–H groups in total. The molecular weight excluding hydrogens is 189 g/mol. The van der Waals surface area contributed by atoms with E-state index < -0.39 is 0 Å². The van der Waals surface area contributed by atoms with E-state index in [-0.39, 0.29) is 17.0 Å². The Hall–Kier alpha value is -1.03. The molecule has 4 heteroatoms. The second-order valence-electron chi connectivity index (χ2n) is 2.84. The van der Waals surface area contributed by atoms with Crippen LogP contribution in [0.2, 0.25) is 0 Å². The summed E-state index contributed by atoms with van der Waals surface area (Å²) < 4.78 is 12.9. The van der Waals surface area contributed by atoms with Gasteiger partial charge in [-0.3, -0.25) is 4.79 Å². The average Bonchev–Trinajstić information content (AvgIpc) is 2.40. The van der Waals surface area contributed by atoms with Gasteiger partial charge in [-0.15, -0.1) is 11.8 Å². The van der Waals surface area contributed by atoms with Crippen molar-refractivity contribution in [2.24, 2.45) is 0 Å². The Morgan fingerprint density at radius 3 is 3.00 bits per heavy atom. The third kappa shape index (κ3) is 1.31. The van der Waals surface area contributed by atoms with Crippen LogP contribution in [0, 0.1) is 5.82 Å². The summed E-state index contributed by atoms with van der Waals surface area (Å²) >= 11 is 1.41. The molecule has 1 aromatic carbocycles. The van der Waals surface area contributed by atoms with Gasteiger partial charge >= 0.3 is 0 Å². The van der Waals surface area contributed by atoms with Crippen molar-refractivity contribution < 1.29 is 9.18 Å². The molecule has 0 saturated carbocycles. The first-order chi connectivity index (χ1) is 6.22. The lowest BCUT2D eigenvalue weighted by Crippen LogP contribution is -2.08. The third-order valence-electron chi connectivity index (χ3n) is 2.03. The summed E-state index contributed by atoms with van der Waals surface area (Å²) in [5.41, 5.74) is 1.48. The number of anilines is 1. The number of nitrogens with one attached hydrogen (secondary N) is 1. The third-order valence-corrected chi connectivity index (χ3v) is 2.97. The number of halogens is 1. The maximum atomic E-state index is 12.9. The lowest BCUT2D eigenvalue weighted by molar-refractivity contribution is -0.115. The zero-order valence-corrected chi connectivity index (χ0v) is 7.82. The number of rotatable bonds is 1. The highest BCUT2D eigenvalue weighted by atomic mass is 32.2. The van der Waals surface area contributed by atoms with Gasteiger partial charge in [0.05, 0.1) is 0 Å². The normalized spacial score (nSPS) is 19.8. The van der Waals surface area contributed by atoms with Crippen LogP contribution >= 0.6 is 11.8 Å². The number of hydrogen-bond donors (Lipinski definition) is 1. The molecule has 0 saturated heterocycles. The minimum absolute atomic E-state index is 0.0619. The monoisotopic (exact) mass is 197 g/mol. The Morgan fingerprint density at radius 2 is 2.31 bits per heavy atom. The first-order valence-corrected chi connectivity index (χ1v) is 5.14. The molecule has 2 rings (SSSR count).